The summed E-state index contributed by atoms with van der Waals surface area (Å²) in [5, 5.41) is 0.206. The monoisotopic (exact) mass is 525 g/mol. The minimum absolute atomic E-state index is 0.0144. The van der Waals surface area contributed by atoms with Crippen LogP contribution in [0.15, 0.2) is 47.4 Å². The second-order valence-corrected chi connectivity index (χ2v) is 9.24. The summed E-state index contributed by atoms with van der Waals surface area (Å²) in [6, 6.07) is 10.7. The van der Waals surface area contributed by atoms with E-state index in [1.165, 1.54) is 11.7 Å². The minimum atomic E-state index is -0.501. The molecule has 4 rings (SSSR count). The summed E-state index contributed by atoms with van der Waals surface area (Å²) < 4.78 is 12.2. The number of benzene rings is 1. The topological polar surface area (TPSA) is 92.0 Å². The van der Waals surface area contributed by atoms with Crippen LogP contribution in [-0.2, 0) is 6.61 Å². The maximum absolute atomic E-state index is 13.3. The maximum Gasteiger partial charge on any atom is 0.280 e. The average Bonchev–Trinajstić information content (AvgIpc) is 2.87. The SMILES string of the molecule is COc1cccc(COc2nc(C)n(-c3cc(-c4nc(C(C)C)ncc4C)ccc3Cl)c(=O)c2Cl)n1. The standard InChI is InChI=1S/C26H25Cl2N5O3/c1-14(2)24-29-12-15(3)23(32-24)17-9-10-19(27)20(11-17)33-16(4)30-25(22(28)26(33)34)36-13-18-7-6-8-21(31-18)35-5/h6-12,14H,13H2,1-5H3. The molecule has 0 aliphatic carbocycles. The lowest BCUT2D eigenvalue weighted by molar-refractivity contribution is 0.284. The Labute approximate surface area is 218 Å². The third-order valence-electron chi connectivity index (χ3n) is 5.48. The molecule has 0 atom stereocenters. The van der Waals surface area contributed by atoms with Crippen LogP contribution < -0.4 is 15.0 Å². The summed E-state index contributed by atoms with van der Waals surface area (Å²) in [7, 11) is 1.53. The van der Waals surface area contributed by atoms with Gasteiger partial charge in [0.15, 0.2) is 5.02 Å². The van der Waals surface area contributed by atoms with Crippen molar-refractivity contribution in [1.29, 1.82) is 0 Å². The number of aromatic nitrogens is 5. The molecular formula is C26H25Cl2N5O3. The Kier molecular flexibility index (Phi) is 7.56. The number of nitrogens with zero attached hydrogens (tertiary/aromatic N) is 5. The molecule has 36 heavy (non-hydrogen) atoms. The fraction of sp³-hybridized carbons (Fsp3) is 0.269. The molecular weight excluding hydrogens is 501 g/mol. The van der Waals surface area contributed by atoms with E-state index in [1.807, 2.05) is 26.8 Å². The number of methoxy groups -OCH3 is 1. The van der Waals surface area contributed by atoms with Crippen LogP contribution in [0.1, 0.15) is 42.7 Å². The van der Waals surface area contributed by atoms with Crippen molar-refractivity contribution in [3.05, 3.63) is 85.9 Å². The number of rotatable bonds is 7. The second-order valence-electron chi connectivity index (χ2n) is 8.46. The first-order valence-electron chi connectivity index (χ1n) is 11.2. The van der Waals surface area contributed by atoms with E-state index in [1.54, 1.807) is 43.5 Å². The Morgan fingerprint density at radius 1 is 1.06 bits per heavy atom. The van der Waals surface area contributed by atoms with E-state index in [9.17, 15) is 4.79 Å². The number of pyridine rings is 1. The van der Waals surface area contributed by atoms with Gasteiger partial charge in [-0.2, -0.15) is 4.98 Å². The van der Waals surface area contributed by atoms with Crippen LogP contribution in [0, 0.1) is 13.8 Å². The third-order valence-corrected chi connectivity index (χ3v) is 6.12. The predicted molar refractivity (Wildman–Crippen MR) is 140 cm³/mol. The van der Waals surface area contributed by atoms with Crippen molar-refractivity contribution in [2.24, 2.45) is 0 Å². The fourth-order valence-electron chi connectivity index (χ4n) is 3.61. The number of ether oxygens (including phenoxy) is 2. The van der Waals surface area contributed by atoms with E-state index >= 15 is 0 Å². The molecule has 0 amide bonds. The van der Waals surface area contributed by atoms with Crippen molar-refractivity contribution >= 4 is 23.2 Å². The van der Waals surface area contributed by atoms with Crippen molar-refractivity contribution in [2.45, 2.75) is 40.2 Å². The van der Waals surface area contributed by atoms with Crippen LogP contribution in [0.3, 0.4) is 0 Å². The molecule has 0 bridgehead atoms. The van der Waals surface area contributed by atoms with Crippen LogP contribution in [-0.4, -0.2) is 31.6 Å². The molecule has 0 saturated heterocycles. The Morgan fingerprint density at radius 2 is 1.83 bits per heavy atom. The van der Waals surface area contributed by atoms with E-state index in [-0.39, 0.29) is 23.4 Å². The highest BCUT2D eigenvalue weighted by Gasteiger charge is 2.19. The van der Waals surface area contributed by atoms with Crippen molar-refractivity contribution in [3.8, 4) is 28.7 Å². The lowest BCUT2D eigenvalue weighted by atomic mass is 10.1. The Bertz CT molecular complexity index is 1490. The van der Waals surface area contributed by atoms with Gasteiger partial charge < -0.3 is 9.47 Å². The van der Waals surface area contributed by atoms with Gasteiger partial charge in [0.05, 0.1) is 29.2 Å². The van der Waals surface area contributed by atoms with Gasteiger partial charge >= 0.3 is 0 Å². The first kappa shape index (κ1) is 25.6. The third kappa shape index (κ3) is 5.20. The number of aryl methyl sites for hydroxylation is 2. The van der Waals surface area contributed by atoms with Gasteiger partial charge in [0.1, 0.15) is 18.3 Å². The zero-order valence-electron chi connectivity index (χ0n) is 20.5. The van der Waals surface area contributed by atoms with Crippen LogP contribution in [0.5, 0.6) is 11.8 Å². The van der Waals surface area contributed by atoms with Gasteiger partial charge in [0, 0.05) is 23.7 Å². The molecule has 0 fully saturated rings. The lowest BCUT2D eigenvalue weighted by Gasteiger charge is -2.16. The molecule has 0 radical (unpaired) electrons. The molecule has 0 N–H and O–H groups in total. The highest BCUT2D eigenvalue weighted by molar-refractivity contribution is 6.33. The second kappa shape index (κ2) is 10.6. The molecule has 0 unspecified atom stereocenters. The summed E-state index contributed by atoms with van der Waals surface area (Å²) in [6.07, 6.45) is 1.80. The number of hydrogen-bond donors (Lipinski definition) is 0. The predicted octanol–water partition coefficient (Wildman–Crippen LogP) is 5.72. The van der Waals surface area contributed by atoms with E-state index < -0.39 is 5.56 Å². The zero-order chi connectivity index (χ0) is 26.0. The quantitative estimate of drug-likeness (QED) is 0.304. The first-order valence-corrected chi connectivity index (χ1v) is 12.0. The van der Waals surface area contributed by atoms with E-state index in [0.717, 1.165) is 22.6 Å². The molecule has 10 heteroatoms. The smallest absolute Gasteiger partial charge is 0.280 e. The first-order chi connectivity index (χ1) is 17.2. The Balaban J connectivity index is 1.73. The van der Waals surface area contributed by atoms with Crippen LogP contribution in [0.25, 0.3) is 16.9 Å². The molecule has 8 nitrogen and oxygen atoms in total. The van der Waals surface area contributed by atoms with Crippen LogP contribution in [0.2, 0.25) is 10.0 Å². The summed E-state index contributed by atoms with van der Waals surface area (Å²) >= 11 is 12.9. The molecule has 0 saturated carbocycles. The van der Waals surface area contributed by atoms with E-state index in [2.05, 4.69) is 15.0 Å². The molecule has 0 spiro atoms. The molecule has 4 aromatic rings. The van der Waals surface area contributed by atoms with Gasteiger partial charge in [0.25, 0.3) is 5.56 Å². The minimum Gasteiger partial charge on any atom is -0.481 e. The lowest BCUT2D eigenvalue weighted by Crippen LogP contribution is -2.24. The Morgan fingerprint density at radius 3 is 2.56 bits per heavy atom. The van der Waals surface area contributed by atoms with Crippen molar-refractivity contribution in [1.82, 2.24) is 24.5 Å². The summed E-state index contributed by atoms with van der Waals surface area (Å²) in [5.74, 6) is 1.73. The van der Waals surface area contributed by atoms with Crippen molar-refractivity contribution in [2.75, 3.05) is 7.11 Å². The zero-order valence-corrected chi connectivity index (χ0v) is 22.1. The van der Waals surface area contributed by atoms with Gasteiger partial charge in [-0.1, -0.05) is 49.2 Å². The highest BCUT2D eigenvalue weighted by Crippen LogP contribution is 2.30. The average molecular weight is 526 g/mol. The molecule has 0 aliphatic heterocycles. The number of halogens is 2. The molecule has 3 heterocycles. The molecule has 1 aromatic carbocycles. The summed E-state index contributed by atoms with van der Waals surface area (Å²) in [4.78, 5) is 31.2. The molecule has 186 valence electrons. The van der Waals surface area contributed by atoms with Gasteiger partial charge in [0.2, 0.25) is 11.8 Å². The van der Waals surface area contributed by atoms with Crippen LogP contribution in [0.4, 0.5) is 0 Å². The van der Waals surface area contributed by atoms with Gasteiger partial charge in [-0.05, 0) is 37.6 Å². The largest absolute Gasteiger partial charge is 0.481 e. The van der Waals surface area contributed by atoms with Crippen molar-refractivity contribution in [3.63, 3.8) is 0 Å². The summed E-state index contributed by atoms with van der Waals surface area (Å²) in [5.41, 5.74) is 3.01. The van der Waals surface area contributed by atoms with Gasteiger partial charge in [-0.25, -0.2) is 15.0 Å². The highest BCUT2D eigenvalue weighted by atomic mass is 35.5. The number of hydrogen-bond acceptors (Lipinski definition) is 7. The van der Waals surface area contributed by atoms with Crippen molar-refractivity contribution < 1.29 is 9.47 Å². The normalized spacial score (nSPS) is 11.1. The summed E-state index contributed by atoms with van der Waals surface area (Å²) in [6.45, 7) is 7.75. The van der Waals surface area contributed by atoms with Crippen LogP contribution >= 0.6 is 23.2 Å². The molecule has 0 aliphatic rings. The van der Waals surface area contributed by atoms with Gasteiger partial charge in [-0.15, -0.1) is 0 Å². The van der Waals surface area contributed by atoms with E-state index in [0.29, 0.717) is 28.1 Å². The van der Waals surface area contributed by atoms with E-state index in [4.69, 9.17) is 37.7 Å². The van der Waals surface area contributed by atoms with Gasteiger partial charge in [-0.3, -0.25) is 9.36 Å². The fourth-order valence-corrected chi connectivity index (χ4v) is 4.00. The molecule has 3 aromatic heterocycles. The Hall–Kier alpha value is -3.49. The maximum atomic E-state index is 13.3.